The van der Waals surface area contributed by atoms with Gasteiger partial charge in [-0.3, -0.25) is 4.79 Å². The van der Waals surface area contributed by atoms with Crippen LogP contribution in [0.3, 0.4) is 0 Å². The minimum Gasteiger partial charge on any atom is -0.456 e. The van der Waals surface area contributed by atoms with Crippen LogP contribution in [0, 0.1) is 17.8 Å². The Kier molecular flexibility index (Phi) is 4.16. The Bertz CT molecular complexity index is 1100. The lowest BCUT2D eigenvalue weighted by molar-refractivity contribution is -0.119. The average molecular weight is 429 g/mol. The van der Waals surface area contributed by atoms with Crippen LogP contribution in [0.5, 0.6) is 5.75 Å². The van der Waals surface area contributed by atoms with Crippen LogP contribution >= 0.6 is 0 Å². The molecule has 3 heterocycles. The fraction of sp³-hybridized carbons (Fsp3) is 0.536. The van der Waals surface area contributed by atoms with Gasteiger partial charge in [0.05, 0.1) is 0 Å². The number of allylic oxidation sites excluding steroid dienone is 5. The van der Waals surface area contributed by atoms with Crippen LogP contribution in [0.2, 0.25) is 0 Å². The molecule has 0 spiro atoms. The molecule has 166 valence electrons. The highest BCUT2D eigenvalue weighted by molar-refractivity contribution is 6.14. The Morgan fingerprint density at radius 2 is 1.66 bits per heavy atom. The van der Waals surface area contributed by atoms with E-state index in [9.17, 15) is 4.79 Å². The van der Waals surface area contributed by atoms with Gasteiger partial charge in [-0.2, -0.15) is 0 Å². The largest absolute Gasteiger partial charge is 0.456 e. The van der Waals surface area contributed by atoms with Crippen LogP contribution in [0.25, 0.3) is 5.57 Å². The molecule has 32 heavy (non-hydrogen) atoms. The van der Waals surface area contributed by atoms with E-state index in [4.69, 9.17) is 4.74 Å². The van der Waals surface area contributed by atoms with Gasteiger partial charge in [0.25, 0.3) is 0 Å². The van der Waals surface area contributed by atoms with Gasteiger partial charge in [-0.05, 0) is 61.6 Å². The molecule has 1 aromatic rings. The quantitative estimate of drug-likeness (QED) is 0.639. The van der Waals surface area contributed by atoms with Gasteiger partial charge in [-0.1, -0.05) is 19.8 Å². The molecule has 0 bridgehead atoms. The van der Waals surface area contributed by atoms with Crippen molar-refractivity contribution >= 4 is 17.0 Å². The molecule has 3 fully saturated rings. The molecule has 0 amide bonds. The Balaban J connectivity index is 1.43. The lowest BCUT2D eigenvalue weighted by Crippen LogP contribution is -2.38. The van der Waals surface area contributed by atoms with E-state index in [-0.39, 0.29) is 5.92 Å². The Labute approximate surface area is 190 Å². The molecule has 6 aliphatic rings. The molecule has 4 nitrogen and oxygen atoms in total. The zero-order chi connectivity index (χ0) is 21.4. The second-order valence-corrected chi connectivity index (χ2v) is 10.6. The van der Waals surface area contributed by atoms with Gasteiger partial charge in [-0.15, -0.1) is 0 Å². The van der Waals surface area contributed by atoms with Crippen molar-refractivity contribution in [1.29, 1.82) is 0 Å². The summed E-state index contributed by atoms with van der Waals surface area (Å²) in [4.78, 5) is 18.8. The highest BCUT2D eigenvalue weighted by Gasteiger charge is 2.48. The number of nitrogens with zero attached hydrogens (tertiary/aromatic N) is 2. The zero-order valence-electron chi connectivity index (χ0n) is 19.0. The standard InChI is InChI=1S/C28H32N2O2/c1-17-14-19(30-12-5-13-30)16-24-25(17)27-26(20-6-2-3-7-21(20)28(27)31)22-9-8-18(15-23(22)32-24)29-10-4-11-29/h8-9,15-17,20-21H,2-7,10-14H2,1H3. The number of rotatable bonds is 2. The van der Waals surface area contributed by atoms with Gasteiger partial charge in [0.1, 0.15) is 11.5 Å². The molecular weight excluding hydrogens is 396 g/mol. The number of fused-ring (bicyclic) bond motifs is 5. The normalized spacial score (nSPS) is 31.0. The van der Waals surface area contributed by atoms with Crippen molar-refractivity contribution in [3.8, 4) is 5.75 Å². The van der Waals surface area contributed by atoms with Gasteiger partial charge in [0.15, 0.2) is 5.78 Å². The molecule has 4 heteroatoms. The van der Waals surface area contributed by atoms with Crippen LogP contribution in [0.15, 0.2) is 46.9 Å². The molecule has 1 aromatic carbocycles. The predicted octanol–water partition coefficient (Wildman–Crippen LogP) is 5.32. The smallest absolute Gasteiger partial charge is 0.167 e. The number of hydrogen-bond donors (Lipinski definition) is 0. The van der Waals surface area contributed by atoms with E-state index in [1.54, 1.807) is 0 Å². The molecule has 0 N–H and O–H groups in total. The third kappa shape index (κ3) is 2.64. The summed E-state index contributed by atoms with van der Waals surface area (Å²) in [6, 6.07) is 6.75. The van der Waals surface area contributed by atoms with Gasteiger partial charge < -0.3 is 14.5 Å². The second kappa shape index (κ2) is 7.00. The van der Waals surface area contributed by atoms with Crippen LogP contribution in [-0.2, 0) is 4.79 Å². The monoisotopic (exact) mass is 428 g/mol. The van der Waals surface area contributed by atoms with Gasteiger partial charge in [0, 0.05) is 72.3 Å². The molecule has 0 radical (unpaired) electrons. The first-order chi connectivity index (χ1) is 15.7. The number of benzene rings is 1. The van der Waals surface area contributed by atoms with Crippen molar-refractivity contribution in [2.75, 3.05) is 31.1 Å². The van der Waals surface area contributed by atoms with E-state index >= 15 is 0 Å². The number of carbonyl (C=O) groups is 1. The van der Waals surface area contributed by atoms with Crippen molar-refractivity contribution in [1.82, 2.24) is 4.90 Å². The number of anilines is 1. The molecule has 1 saturated carbocycles. The van der Waals surface area contributed by atoms with Crippen molar-refractivity contribution in [3.05, 3.63) is 52.4 Å². The average Bonchev–Trinajstić information content (AvgIpc) is 2.89. The molecule has 3 aliphatic heterocycles. The van der Waals surface area contributed by atoms with Crippen LogP contribution in [-0.4, -0.2) is 36.9 Å². The predicted molar refractivity (Wildman–Crippen MR) is 126 cm³/mol. The minimum absolute atomic E-state index is 0.177. The van der Waals surface area contributed by atoms with E-state index in [1.807, 2.05) is 0 Å². The van der Waals surface area contributed by atoms with Gasteiger partial charge in [-0.25, -0.2) is 0 Å². The second-order valence-electron chi connectivity index (χ2n) is 10.6. The maximum atomic E-state index is 13.9. The van der Waals surface area contributed by atoms with Gasteiger partial charge >= 0.3 is 0 Å². The Morgan fingerprint density at radius 1 is 0.906 bits per heavy atom. The molecule has 0 aromatic heterocycles. The van der Waals surface area contributed by atoms with Crippen LogP contribution in [0.4, 0.5) is 5.69 Å². The number of likely N-dealkylation sites (tertiary alicyclic amines) is 1. The SMILES string of the molecule is CC1CC(N2CCC2)=CC2=C1C1=C(c3ccc(N4CCC4)cc3O2)C2CCCCC2C1=O. The summed E-state index contributed by atoms with van der Waals surface area (Å²) in [6.07, 6.45) is 10.4. The van der Waals surface area contributed by atoms with Crippen molar-refractivity contribution in [2.24, 2.45) is 17.8 Å². The third-order valence-electron chi connectivity index (χ3n) is 8.79. The Hall–Kier alpha value is -2.49. The first-order valence-electron chi connectivity index (χ1n) is 12.7. The summed E-state index contributed by atoms with van der Waals surface area (Å²) in [5.41, 5.74) is 7.33. The summed E-state index contributed by atoms with van der Waals surface area (Å²) >= 11 is 0. The summed E-state index contributed by atoms with van der Waals surface area (Å²) in [5.74, 6) is 3.14. The number of carbonyl (C=O) groups excluding carboxylic acids is 1. The summed E-state index contributed by atoms with van der Waals surface area (Å²) in [5, 5.41) is 0. The summed E-state index contributed by atoms with van der Waals surface area (Å²) < 4.78 is 6.76. The molecular formula is C28H32N2O2. The number of ether oxygens (including phenoxy) is 1. The maximum Gasteiger partial charge on any atom is 0.167 e. The summed E-state index contributed by atoms with van der Waals surface area (Å²) in [6.45, 7) is 6.84. The van der Waals surface area contributed by atoms with E-state index in [0.29, 0.717) is 17.6 Å². The third-order valence-corrected chi connectivity index (χ3v) is 8.79. The fourth-order valence-corrected chi connectivity index (χ4v) is 6.84. The van der Waals surface area contributed by atoms with E-state index < -0.39 is 0 Å². The molecule has 2 saturated heterocycles. The fourth-order valence-electron chi connectivity index (χ4n) is 6.84. The first kappa shape index (κ1) is 19.0. The number of Topliss-reactive ketones (excluding diaryl/α,β-unsaturated/α-hetero) is 1. The van der Waals surface area contributed by atoms with Crippen LogP contribution < -0.4 is 9.64 Å². The van der Waals surface area contributed by atoms with E-state index in [1.165, 1.54) is 53.8 Å². The number of ketones is 1. The number of hydrogen-bond acceptors (Lipinski definition) is 4. The van der Waals surface area contributed by atoms with E-state index in [2.05, 4.69) is 41.0 Å². The topological polar surface area (TPSA) is 32.8 Å². The van der Waals surface area contributed by atoms with Crippen molar-refractivity contribution < 1.29 is 9.53 Å². The molecule has 3 atom stereocenters. The van der Waals surface area contributed by atoms with Gasteiger partial charge in [0.2, 0.25) is 0 Å². The Morgan fingerprint density at radius 3 is 2.38 bits per heavy atom. The minimum atomic E-state index is 0.177. The summed E-state index contributed by atoms with van der Waals surface area (Å²) in [7, 11) is 0. The van der Waals surface area contributed by atoms with Crippen molar-refractivity contribution in [3.63, 3.8) is 0 Å². The first-order valence-corrected chi connectivity index (χ1v) is 12.7. The molecule has 7 rings (SSSR count). The lowest BCUT2D eigenvalue weighted by Gasteiger charge is -2.39. The van der Waals surface area contributed by atoms with Crippen LogP contribution in [0.1, 0.15) is 57.4 Å². The molecule has 3 unspecified atom stereocenters. The van der Waals surface area contributed by atoms with E-state index in [0.717, 1.165) is 62.5 Å². The molecule has 3 aliphatic carbocycles. The zero-order valence-corrected chi connectivity index (χ0v) is 19.0. The maximum absolute atomic E-state index is 13.9. The van der Waals surface area contributed by atoms with Crippen molar-refractivity contribution in [2.45, 2.75) is 51.9 Å². The highest BCUT2D eigenvalue weighted by atomic mass is 16.5. The lowest BCUT2D eigenvalue weighted by atomic mass is 9.77. The highest BCUT2D eigenvalue weighted by Crippen LogP contribution is 2.56.